The quantitative estimate of drug-likeness (QED) is 0.721. The minimum Gasteiger partial charge on any atom is -0.383 e. The van der Waals surface area contributed by atoms with E-state index in [4.69, 9.17) is 9.47 Å². The lowest BCUT2D eigenvalue weighted by atomic mass is 10.2. The van der Waals surface area contributed by atoms with Crippen LogP contribution in [0.15, 0.2) is 30.5 Å². The van der Waals surface area contributed by atoms with Crippen LogP contribution in [0.25, 0.3) is 10.9 Å². The number of hydrogen-bond donors (Lipinski definition) is 1. The van der Waals surface area contributed by atoms with Gasteiger partial charge >= 0.3 is 0 Å². The summed E-state index contributed by atoms with van der Waals surface area (Å²) in [6.45, 7) is 4.01. The number of rotatable bonds is 9. The van der Waals surface area contributed by atoms with Crippen molar-refractivity contribution >= 4 is 10.9 Å². The molecular formula is C17H24N2O2. The molecule has 0 unspecified atom stereocenters. The van der Waals surface area contributed by atoms with Crippen LogP contribution in [0.2, 0.25) is 0 Å². The predicted molar refractivity (Wildman–Crippen MR) is 84.2 cm³/mol. The van der Waals surface area contributed by atoms with Gasteiger partial charge in [0.1, 0.15) is 6.73 Å². The fourth-order valence-corrected chi connectivity index (χ4v) is 2.57. The van der Waals surface area contributed by atoms with Crippen molar-refractivity contribution in [3.8, 4) is 0 Å². The molecule has 1 fully saturated rings. The highest BCUT2D eigenvalue weighted by Crippen LogP contribution is 2.29. The van der Waals surface area contributed by atoms with Crippen LogP contribution in [0.1, 0.15) is 18.4 Å². The second-order valence-electron chi connectivity index (χ2n) is 5.75. The Morgan fingerprint density at radius 1 is 1.29 bits per heavy atom. The van der Waals surface area contributed by atoms with E-state index in [1.165, 1.54) is 29.3 Å². The number of methoxy groups -OCH3 is 1. The van der Waals surface area contributed by atoms with Crippen molar-refractivity contribution in [2.75, 3.05) is 26.9 Å². The standard InChI is InChI=1S/C17H24N2O2/c1-20-9-8-18-10-15-11-19(13-21-12-14-6-7-14)17-5-3-2-4-16(15)17/h2-5,11,14,18H,6-10,12-13H2,1H3. The molecule has 0 amide bonds. The zero-order valence-electron chi connectivity index (χ0n) is 12.7. The molecule has 0 spiro atoms. The third-order valence-electron chi connectivity index (χ3n) is 3.95. The Morgan fingerprint density at radius 3 is 2.95 bits per heavy atom. The molecule has 0 saturated heterocycles. The van der Waals surface area contributed by atoms with Gasteiger partial charge < -0.3 is 19.4 Å². The molecule has 4 heteroatoms. The maximum atomic E-state index is 5.83. The summed E-state index contributed by atoms with van der Waals surface area (Å²) in [5, 5.41) is 4.72. The van der Waals surface area contributed by atoms with Gasteiger partial charge in [0, 0.05) is 31.8 Å². The van der Waals surface area contributed by atoms with Crippen molar-refractivity contribution < 1.29 is 9.47 Å². The molecule has 4 nitrogen and oxygen atoms in total. The molecule has 0 radical (unpaired) electrons. The first-order chi connectivity index (χ1) is 10.4. The Hall–Kier alpha value is -1.36. The lowest BCUT2D eigenvalue weighted by molar-refractivity contribution is 0.0717. The first kappa shape index (κ1) is 14.6. The maximum absolute atomic E-state index is 5.83. The molecule has 21 heavy (non-hydrogen) atoms. The summed E-state index contributed by atoms with van der Waals surface area (Å²) >= 11 is 0. The lowest BCUT2D eigenvalue weighted by Crippen LogP contribution is -2.18. The van der Waals surface area contributed by atoms with Crippen molar-refractivity contribution in [2.24, 2.45) is 5.92 Å². The molecule has 114 valence electrons. The van der Waals surface area contributed by atoms with E-state index in [1.54, 1.807) is 7.11 Å². The van der Waals surface area contributed by atoms with Crippen LogP contribution < -0.4 is 5.32 Å². The second kappa shape index (κ2) is 7.07. The number of nitrogens with one attached hydrogen (secondary N) is 1. The van der Waals surface area contributed by atoms with Gasteiger partial charge in [0.05, 0.1) is 18.7 Å². The Bertz CT molecular complexity index is 575. The molecule has 3 rings (SSSR count). The van der Waals surface area contributed by atoms with Crippen molar-refractivity contribution in [1.29, 1.82) is 0 Å². The third kappa shape index (κ3) is 3.84. The summed E-state index contributed by atoms with van der Waals surface area (Å²) in [6, 6.07) is 8.52. The molecule has 1 aromatic heterocycles. The van der Waals surface area contributed by atoms with Crippen LogP contribution in [0.5, 0.6) is 0 Å². The van der Waals surface area contributed by atoms with E-state index in [0.717, 1.165) is 32.2 Å². The Kier molecular flexibility index (Phi) is 4.91. The second-order valence-corrected chi connectivity index (χ2v) is 5.75. The van der Waals surface area contributed by atoms with E-state index >= 15 is 0 Å². The maximum Gasteiger partial charge on any atom is 0.122 e. The number of fused-ring (bicyclic) bond motifs is 1. The average molecular weight is 288 g/mol. The van der Waals surface area contributed by atoms with E-state index < -0.39 is 0 Å². The van der Waals surface area contributed by atoms with Crippen LogP contribution >= 0.6 is 0 Å². The molecule has 0 bridgehead atoms. The van der Waals surface area contributed by atoms with Crippen LogP contribution in [0, 0.1) is 5.92 Å². The summed E-state index contributed by atoms with van der Waals surface area (Å²) in [5.41, 5.74) is 2.56. The topological polar surface area (TPSA) is 35.4 Å². The van der Waals surface area contributed by atoms with Crippen molar-refractivity contribution in [1.82, 2.24) is 9.88 Å². The molecular weight excluding hydrogens is 264 g/mol. The molecule has 1 aliphatic rings. The molecule has 2 aromatic rings. The van der Waals surface area contributed by atoms with Gasteiger partial charge in [-0.05, 0) is 30.4 Å². The molecule has 1 heterocycles. The summed E-state index contributed by atoms with van der Waals surface area (Å²) in [6.07, 6.45) is 4.87. The highest BCUT2D eigenvalue weighted by atomic mass is 16.5. The lowest BCUT2D eigenvalue weighted by Gasteiger charge is -2.06. The summed E-state index contributed by atoms with van der Waals surface area (Å²) in [4.78, 5) is 0. The number of nitrogens with zero attached hydrogens (tertiary/aromatic N) is 1. The van der Waals surface area contributed by atoms with Crippen LogP contribution in [0.4, 0.5) is 0 Å². The first-order valence-electron chi connectivity index (χ1n) is 7.72. The van der Waals surface area contributed by atoms with E-state index in [-0.39, 0.29) is 0 Å². The van der Waals surface area contributed by atoms with E-state index in [0.29, 0.717) is 6.73 Å². The van der Waals surface area contributed by atoms with Gasteiger partial charge in [-0.3, -0.25) is 0 Å². The monoisotopic (exact) mass is 288 g/mol. The number of aromatic nitrogens is 1. The highest BCUT2D eigenvalue weighted by Gasteiger charge is 2.21. The fourth-order valence-electron chi connectivity index (χ4n) is 2.57. The van der Waals surface area contributed by atoms with Crippen molar-refractivity contribution in [3.05, 3.63) is 36.0 Å². The first-order valence-corrected chi connectivity index (χ1v) is 7.72. The Labute approximate surface area is 126 Å². The Balaban J connectivity index is 1.66. The van der Waals surface area contributed by atoms with E-state index in [1.807, 2.05) is 0 Å². The summed E-state index contributed by atoms with van der Waals surface area (Å²) < 4.78 is 13.1. The average Bonchev–Trinajstić information content (AvgIpc) is 3.27. The minimum absolute atomic E-state index is 0.648. The zero-order valence-corrected chi connectivity index (χ0v) is 12.7. The number of hydrogen-bond acceptors (Lipinski definition) is 3. The van der Waals surface area contributed by atoms with Gasteiger partial charge in [-0.1, -0.05) is 18.2 Å². The van der Waals surface area contributed by atoms with E-state index in [9.17, 15) is 0 Å². The molecule has 1 saturated carbocycles. The highest BCUT2D eigenvalue weighted by molar-refractivity contribution is 5.83. The van der Waals surface area contributed by atoms with Gasteiger partial charge in [0.15, 0.2) is 0 Å². The molecule has 0 aliphatic heterocycles. The minimum atomic E-state index is 0.648. The van der Waals surface area contributed by atoms with E-state index in [2.05, 4.69) is 40.3 Å². The van der Waals surface area contributed by atoms with Crippen molar-refractivity contribution in [3.63, 3.8) is 0 Å². The van der Waals surface area contributed by atoms with Gasteiger partial charge in [0.25, 0.3) is 0 Å². The normalized spacial score (nSPS) is 14.9. The number of ether oxygens (including phenoxy) is 2. The predicted octanol–water partition coefficient (Wildman–Crippen LogP) is 2.76. The number of para-hydroxylation sites is 1. The van der Waals surface area contributed by atoms with Crippen LogP contribution in [0.3, 0.4) is 0 Å². The molecule has 0 atom stereocenters. The molecule has 1 aliphatic carbocycles. The largest absolute Gasteiger partial charge is 0.383 e. The fraction of sp³-hybridized carbons (Fsp3) is 0.529. The van der Waals surface area contributed by atoms with Gasteiger partial charge in [-0.25, -0.2) is 0 Å². The summed E-state index contributed by atoms with van der Waals surface area (Å²) in [7, 11) is 1.73. The Morgan fingerprint density at radius 2 is 2.14 bits per heavy atom. The molecule has 1 N–H and O–H groups in total. The van der Waals surface area contributed by atoms with Gasteiger partial charge in [-0.15, -0.1) is 0 Å². The van der Waals surface area contributed by atoms with Crippen molar-refractivity contribution in [2.45, 2.75) is 26.1 Å². The number of benzene rings is 1. The van der Waals surface area contributed by atoms with Gasteiger partial charge in [0.2, 0.25) is 0 Å². The zero-order chi connectivity index (χ0) is 14.5. The van der Waals surface area contributed by atoms with Crippen LogP contribution in [-0.2, 0) is 22.7 Å². The third-order valence-corrected chi connectivity index (χ3v) is 3.95. The van der Waals surface area contributed by atoms with Crippen LogP contribution in [-0.4, -0.2) is 31.4 Å². The summed E-state index contributed by atoms with van der Waals surface area (Å²) in [5.74, 6) is 0.807. The SMILES string of the molecule is COCCNCc1cn(COCC2CC2)c2ccccc12. The smallest absolute Gasteiger partial charge is 0.122 e. The molecule has 1 aromatic carbocycles. The van der Waals surface area contributed by atoms with Gasteiger partial charge in [-0.2, -0.15) is 0 Å².